The van der Waals surface area contributed by atoms with E-state index in [4.69, 9.17) is 9.47 Å². The third-order valence-corrected chi connectivity index (χ3v) is 4.59. The van der Waals surface area contributed by atoms with Crippen molar-refractivity contribution in [3.8, 4) is 22.6 Å². The molecule has 0 aliphatic carbocycles. The van der Waals surface area contributed by atoms with E-state index in [-0.39, 0.29) is 5.91 Å². The first kappa shape index (κ1) is 17.9. The third kappa shape index (κ3) is 3.93. The summed E-state index contributed by atoms with van der Waals surface area (Å²) in [6, 6.07) is 23.0. The van der Waals surface area contributed by atoms with E-state index in [0.29, 0.717) is 19.0 Å². The van der Waals surface area contributed by atoms with Gasteiger partial charge < -0.3 is 20.1 Å². The molecule has 3 aromatic rings. The van der Waals surface area contributed by atoms with Gasteiger partial charge in [0.05, 0.1) is 0 Å². The van der Waals surface area contributed by atoms with E-state index in [0.717, 1.165) is 28.3 Å². The van der Waals surface area contributed by atoms with Gasteiger partial charge in [0.2, 0.25) is 5.91 Å². The highest BCUT2D eigenvalue weighted by Crippen LogP contribution is 2.33. The number of rotatable bonds is 5. The maximum atomic E-state index is 12.8. The number of amides is 1. The molecule has 4 rings (SSSR count). The standard InChI is InChI=1S/C23H22N2O3/c1-16(24-18-11-12-21-22(15-18)28-14-13-27-21)23(26)25-20-10-6-5-9-19(20)17-7-3-2-4-8-17/h2-12,15-16,24H,13-14H2,1H3,(H,25,26). The summed E-state index contributed by atoms with van der Waals surface area (Å²) >= 11 is 0. The molecule has 0 bridgehead atoms. The summed E-state index contributed by atoms with van der Waals surface area (Å²) in [5.74, 6) is 1.31. The van der Waals surface area contributed by atoms with Crippen molar-refractivity contribution in [3.63, 3.8) is 0 Å². The molecule has 142 valence electrons. The quantitative estimate of drug-likeness (QED) is 0.687. The minimum Gasteiger partial charge on any atom is -0.486 e. The maximum Gasteiger partial charge on any atom is 0.246 e. The number of hydrogen-bond donors (Lipinski definition) is 2. The Morgan fingerprint density at radius 2 is 1.61 bits per heavy atom. The van der Waals surface area contributed by atoms with Crippen LogP contribution in [-0.4, -0.2) is 25.2 Å². The lowest BCUT2D eigenvalue weighted by Gasteiger charge is -2.21. The number of nitrogens with one attached hydrogen (secondary N) is 2. The molecule has 28 heavy (non-hydrogen) atoms. The summed E-state index contributed by atoms with van der Waals surface area (Å²) in [6.07, 6.45) is 0. The SMILES string of the molecule is CC(Nc1ccc2c(c1)OCCO2)C(=O)Nc1ccccc1-c1ccccc1. The van der Waals surface area contributed by atoms with Crippen LogP contribution in [0.25, 0.3) is 11.1 Å². The van der Waals surface area contributed by atoms with Crippen molar-refractivity contribution < 1.29 is 14.3 Å². The number of carbonyl (C=O) groups is 1. The van der Waals surface area contributed by atoms with Gasteiger partial charge in [0.25, 0.3) is 0 Å². The Morgan fingerprint density at radius 3 is 2.43 bits per heavy atom. The summed E-state index contributed by atoms with van der Waals surface area (Å²) < 4.78 is 11.1. The van der Waals surface area contributed by atoms with Crippen molar-refractivity contribution >= 4 is 17.3 Å². The number of para-hydroxylation sites is 1. The summed E-state index contributed by atoms with van der Waals surface area (Å²) in [5.41, 5.74) is 3.64. The van der Waals surface area contributed by atoms with Crippen LogP contribution in [0.5, 0.6) is 11.5 Å². The molecular formula is C23H22N2O3. The second-order valence-electron chi connectivity index (χ2n) is 6.63. The lowest BCUT2D eigenvalue weighted by Crippen LogP contribution is -2.32. The molecule has 5 heteroatoms. The zero-order valence-electron chi connectivity index (χ0n) is 15.6. The smallest absolute Gasteiger partial charge is 0.246 e. The molecule has 3 aromatic carbocycles. The molecule has 0 aromatic heterocycles. The first-order chi connectivity index (χ1) is 13.7. The molecule has 1 unspecified atom stereocenters. The van der Waals surface area contributed by atoms with Crippen LogP contribution in [0.15, 0.2) is 72.8 Å². The number of fused-ring (bicyclic) bond motifs is 1. The first-order valence-electron chi connectivity index (χ1n) is 9.32. The van der Waals surface area contributed by atoms with Gasteiger partial charge in [0.1, 0.15) is 19.3 Å². The topological polar surface area (TPSA) is 59.6 Å². The second-order valence-corrected chi connectivity index (χ2v) is 6.63. The summed E-state index contributed by atoms with van der Waals surface area (Å²) in [5, 5.41) is 6.26. The van der Waals surface area contributed by atoms with Gasteiger partial charge in [0, 0.05) is 23.0 Å². The minimum atomic E-state index is -0.425. The lowest BCUT2D eigenvalue weighted by atomic mass is 10.0. The van der Waals surface area contributed by atoms with E-state index >= 15 is 0 Å². The number of benzene rings is 3. The fraction of sp³-hybridized carbons (Fsp3) is 0.174. The van der Waals surface area contributed by atoms with Crippen molar-refractivity contribution in [3.05, 3.63) is 72.8 Å². The molecule has 5 nitrogen and oxygen atoms in total. The number of carbonyl (C=O) groups excluding carboxylic acids is 1. The Labute approximate surface area is 164 Å². The predicted octanol–water partition coefficient (Wildman–Crippen LogP) is 4.56. The maximum absolute atomic E-state index is 12.8. The molecule has 0 saturated carbocycles. The van der Waals surface area contributed by atoms with Gasteiger partial charge in [-0.05, 0) is 30.7 Å². The van der Waals surface area contributed by atoms with Gasteiger partial charge in [-0.1, -0.05) is 48.5 Å². The summed E-state index contributed by atoms with van der Waals surface area (Å²) in [7, 11) is 0. The van der Waals surface area contributed by atoms with Crippen molar-refractivity contribution in [2.24, 2.45) is 0 Å². The molecule has 1 amide bonds. The average molecular weight is 374 g/mol. The molecule has 1 heterocycles. The molecular weight excluding hydrogens is 352 g/mol. The van der Waals surface area contributed by atoms with Gasteiger partial charge in [-0.2, -0.15) is 0 Å². The highest BCUT2D eigenvalue weighted by atomic mass is 16.6. The van der Waals surface area contributed by atoms with E-state index in [1.165, 1.54) is 0 Å². The molecule has 0 fully saturated rings. The summed E-state index contributed by atoms with van der Waals surface area (Å²) in [4.78, 5) is 12.8. The van der Waals surface area contributed by atoms with E-state index in [1.807, 2.05) is 79.7 Å². The predicted molar refractivity (Wildman–Crippen MR) is 111 cm³/mol. The van der Waals surface area contributed by atoms with Gasteiger partial charge in [-0.15, -0.1) is 0 Å². The third-order valence-electron chi connectivity index (χ3n) is 4.59. The van der Waals surface area contributed by atoms with Crippen LogP contribution in [0.4, 0.5) is 11.4 Å². The van der Waals surface area contributed by atoms with Crippen LogP contribution in [0, 0.1) is 0 Å². The Kier molecular flexibility index (Phi) is 5.15. The minimum absolute atomic E-state index is 0.113. The fourth-order valence-corrected chi connectivity index (χ4v) is 3.15. The van der Waals surface area contributed by atoms with Gasteiger partial charge in [-0.25, -0.2) is 0 Å². The van der Waals surface area contributed by atoms with Gasteiger partial charge in [0.15, 0.2) is 11.5 Å². The van der Waals surface area contributed by atoms with Crippen LogP contribution >= 0.6 is 0 Å². The molecule has 0 radical (unpaired) electrons. The largest absolute Gasteiger partial charge is 0.486 e. The lowest BCUT2D eigenvalue weighted by molar-refractivity contribution is -0.116. The number of anilines is 2. The van der Waals surface area contributed by atoms with E-state index < -0.39 is 6.04 Å². The number of hydrogen-bond acceptors (Lipinski definition) is 4. The molecule has 0 spiro atoms. The van der Waals surface area contributed by atoms with Crippen LogP contribution in [0.2, 0.25) is 0 Å². The van der Waals surface area contributed by atoms with Gasteiger partial charge in [-0.3, -0.25) is 4.79 Å². The Bertz CT molecular complexity index is 973. The van der Waals surface area contributed by atoms with E-state index in [1.54, 1.807) is 0 Å². The fourth-order valence-electron chi connectivity index (χ4n) is 3.15. The highest BCUT2D eigenvalue weighted by molar-refractivity contribution is 5.99. The normalized spacial score (nSPS) is 13.5. The Hall–Kier alpha value is -3.47. The first-order valence-corrected chi connectivity index (χ1v) is 9.32. The molecule has 1 aliphatic rings. The van der Waals surface area contributed by atoms with Crippen molar-refractivity contribution in [2.45, 2.75) is 13.0 Å². The van der Waals surface area contributed by atoms with Crippen LogP contribution in [-0.2, 0) is 4.79 Å². The Morgan fingerprint density at radius 1 is 0.893 bits per heavy atom. The average Bonchev–Trinajstić information content (AvgIpc) is 2.74. The van der Waals surface area contributed by atoms with Crippen LogP contribution in [0.1, 0.15) is 6.92 Å². The zero-order chi connectivity index (χ0) is 19.3. The van der Waals surface area contributed by atoms with Crippen LogP contribution < -0.4 is 20.1 Å². The van der Waals surface area contributed by atoms with E-state index in [9.17, 15) is 4.79 Å². The molecule has 2 N–H and O–H groups in total. The molecule has 1 atom stereocenters. The van der Waals surface area contributed by atoms with Gasteiger partial charge >= 0.3 is 0 Å². The van der Waals surface area contributed by atoms with Crippen LogP contribution in [0.3, 0.4) is 0 Å². The zero-order valence-corrected chi connectivity index (χ0v) is 15.6. The molecule has 0 saturated heterocycles. The second kappa shape index (κ2) is 8.05. The van der Waals surface area contributed by atoms with Crippen molar-refractivity contribution in [1.82, 2.24) is 0 Å². The highest BCUT2D eigenvalue weighted by Gasteiger charge is 2.17. The Balaban J connectivity index is 1.47. The van der Waals surface area contributed by atoms with Crippen molar-refractivity contribution in [2.75, 3.05) is 23.8 Å². The number of ether oxygens (including phenoxy) is 2. The van der Waals surface area contributed by atoms with E-state index in [2.05, 4.69) is 10.6 Å². The monoisotopic (exact) mass is 374 g/mol. The van der Waals surface area contributed by atoms with Crippen molar-refractivity contribution in [1.29, 1.82) is 0 Å². The summed E-state index contributed by atoms with van der Waals surface area (Å²) in [6.45, 7) is 2.92. The molecule has 1 aliphatic heterocycles.